The van der Waals surface area contributed by atoms with E-state index in [1.54, 1.807) is 41.2 Å². The van der Waals surface area contributed by atoms with Crippen molar-refractivity contribution < 1.29 is 9.21 Å². The van der Waals surface area contributed by atoms with Crippen LogP contribution in [0.4, 0.5) is 0 Å². The molecule has 26 heavy (non-hydrogen) atoms. The van der Waals surface area contributed by atoms with E-state index in [-0.39, 0.29) is 17.0 Å². The number of carbonyl (C=O) groups excluding carboxylic acids is 1. The molecular formula is C19H21N3O3S. The monoisotopic (exact) mass is 371 g/mol. The van der Waals surface area contributed by atoms with E-state index in [9.17, 15) is 9.59 Å². The highest BCUT2D eigenvalue weighted by Crippen LogP contribution is 2.27. The van der Waals surface area contributed by atoms with Crippen LogP contribution in [0.2, 0.25) is 0 Å². The number of furan rings is 1. The molecule has 3 aromatic heterocycles. The fourth-order valence-corrected chi connectivity index (χ4v) is 4.65. The van der Waals surface area contributed by atoms with Crippen LogP contribution >= 0.6 is 11.3 Å². The molecule has 0 bridgehead atoms. The van der Waals surface area contributed by atoms with Gasteiger partial charge in [0, 0.05) is 23.8 Å². The van der Waals surface area contributed by atoms with Crippen molar-refractivity contribution in [3.05, 3.63) is 56.8 Å². The summed E-state index contributed by atoms with van der Waals surface area (Å²) in [7, 11) is 1.66. The van der Waals surface area contributed by atoms with E-state index in [4.69, 9.17) is 4.42 Å². The summed E-state index contributed by atoms with van der Waals surface area (Å²) in [5, 5.41) is 0. The van der Waals surface area contributed by atoms with Gasteiger partial charge in [-0.15, -0.1) is 11.3 Å². The Labute approximate surface area is 155 Å². The van der Waals surface area contributed by atoms with Gasteiger partial charge in [0.05, 0.1) is 12.8 Å². The number of hydrogen-bond donors (Lipinski definition) is 0. The van der Waals surface area contributed by atoms with Crippen LogP contribution in [0.3, 0.4) is 0 Å². The zero-order chi connectivity index (χ0) is 18.1. The van der Waals surface area contributed by atoms with Crippen LogP contribution in [0.1, 0.15) is 52.4 Å². The molecule has 1 amide bonds. The number of thiazole rings is 1. The van der Waals surface area contributed by atoms with E-state index in [2.05, 4.69) is 4.98 Å². The zero-order valence-electron chi connectivity index (χ0n) is 14.7. The van der Waals surface area contributed by atoms with Crippen molar-refractivity contribution in [1.82, 2.24) is 14.3 Å². The lowest BCUT2D eigenvalue weighted by atomic mass is 10.0. The fourth-order valence-electron chi connectivity index (χ4n) is 3.48. The highest BCUT2D eigenvalue weighted by Gasteiger charge is 2.22. The highest BCUT2D eigenvalue weighted by atomic mass is 32.1. The summed E-state index contributed by atoms with van der Waals surface area (Å²) in [5.41, 5.74) is 0.897. The third-order valence-electron chi connectivity index (χ3n) is 4.85. The molecule has 0 unspecified atom stereocenters. The van der Waals surface area contributed by atoms with E-state index in [1.165, 1.54) is 28.8 Å². The van der Waals surface area contributed by atoms with Gasteiger partial charge in [-0.05, 0) is 37.8 Å². The van der Waals surface area contributed by atoms with E-state index in [0.29, 0.717) is 17.3 Å². The maximum Gasteiger partial charge on any atom is 0.271 e. The van der Waals surface area contributed by atoms with Gasteiger partial charge in [-0.25, -0.2) is 4.98 Å². The minimum absolute atomic E-state index is 0.110. The lowest BCUT2D eigenvalue weighted by Gasteiger charge is -2.15. The third kappa shape index (κ3) is 3.07. The van der Waals surface area contributed by atoms with Crippen molar-refractivity contribution in [3.63, 3.8) is 0 Å². The molecule has 3 aromatic rings. The molecule has 0 fully saturated rings. The number of nitrogens with zero attached hydrogens (tertiary/aromatic N) is 3. The first kappa shape index (κ1) is 17.0. The molecule has 0 radical (unpaired) electrons. The summed E-state index contributed by atoms with van der Waals surface area (Å²) in [6.07, 6.45) is 9.48. The average Bonchev–Trinajstić information content (AvgIpc) is 3.22. The molecule has 4 rings (SSSR count). The second-order valence-corrected chi connectivity index (χ2v) is 7.78. The first-order valence-electron chi connectivity index (χ1n) is 8.95. The molecule has 136 valence electrons. The molecule has 0 spiro atoms. The normalized spacial score (nSPS) is 14.7. The topological polar surface area (TPSA) is 67.8 Å². The van der Waals surface area contributed by atoms with Gasteiger partial charge >= 0.3 is 0 Å². The van der Waals surface area contributed by atoms with Gasteiger partial charge in [-0.1, -0.05) is 12.8 Å². The number of hydrogen-bond acceptors (Lipinski definition) is 5. The molecule has 7 heteroatoms. The lowest BCUT2D eigenvalue weighted by Crippen LogP contribution is -2.33. The Hall–Kier alpha value is -2.41. The van der Waals surface area contributed by atoms with Crippen LogP contribution in [-0.4, -0.2) is 27.2 Å². The summed E-state index contributed by atoms with van der Waals surface area (Å²) in [6.45, 7) is 0.315. The molecule has 0 N–H and O–H groups in total. The van der Waals surface area contributed by atoms with Crippen LogP contribution in [-0.2, 0) is 19.4 Å². The predicted octanol–water partition coefficient (Wildman–Crippen LogP) is 3.28. The molecule has 0 aromatic carbocycles. The Morgan fingerprint density at radius 2 is 2.12 bits per heavy atom. The maximum absolute atomic E-state index is 13.1. The molecule has 0 saturated carbocycles. The van der Waals surface area contributed by atoms with E-state index in [0.717, 1.165) is 31.4 Å². The van der Waals surface area contributed by atoms with Crippen molar-refractivity contribution in [1.29, 1.82) is 0 Å². The Morgan fingerprint density at radius 3 is 2.88 bits per heavy atom. The second kappa shape index (κ2) is 7.07. The zero-order valence-corrected chi connectivity index (χ0v) is 15.6. The standard InChI is InChI=1S/C19H21N3O3S/c1-21(12-13-7-6-10-25-13)17(23)14-11-20-19-22(18(14)24)15-8-4-2-3-5-9-16(15)26-19/h6-7,10-11H,2-5,8-9,12H2,1H3. The van der Waals surface area contributed by atoms with Crippen molar-refractivity contribution >= 4 is 22.2 Å². The molecule has 0 atom stereocenters. The van der Waals surface area contributed by atoms with Gasteiger partial charge in [0.25, 0.3) is 11.5 Å². The van der Waals surface area contributed by atoms with Crippen molar-refractivity contribution in [2.24, 2.45) is 0 Å². The summed E-state index contributed by atoms with van der Waals surface area (Å²) in [4.78, 5) is 33.7. The Kier molecular flexibility index (Phi) is 4.63. The number of carbonyl (C=O) groups is 1. The van der Waals surface area contributed by atoms with Gasteiger partial charge in [0.15, 0.2) is 4.96 Å². The predicted molar refractivity (Wildman–Crippen MR) is 99.7 cm³/mol. The molecule has 0 aliphatic heterocycles. The van der Waals surface area contributed by atoms with Gasteiger partial charge < -0.3 is 9.32 Å². The molecule has 1 aliphatic carbocycles. The third-order valence-corrected chi connectivity index (χ3v) is 6.01. The lowest BCUT2D eigenvalue weighted by molar-refractivity contribution is 0.0773. The Morgan fingerprint density at radius 1 is 1.31 bits per heavy atom. The fraction of sp³-hybridized carbons (Fsp3) is 0.421. The first-order valence-corrected chi connectivity index (χ1v) is 9.77. The van der Waals surface area contributed by atoms with Crippen LogP contribution in [0.15, 0.2) is 33.8 Å². The molecule has 1 aliphatic rings. The summed E-state index contributed by atoms with van der Waals surface area (Å²) in [5.74, 6) is 0.342. The molecular weight excluding hydrogens is 350 g/mol. The minimum atomic E-state index is -0.334. The SMILES string of the molecule is CN(Cc1ccco1)C(=O)c1cnc2sc3c(n2c1=O)CCCCCC3. The van der Waals surface area contributed by atoms with Gasteiger partial charge in [0.1, 0.15) is 11.3 Å². The van der Waals surface area contributed by atoms with Gasteiger partial charge in [-0.2, -0.15) is 0 Å². The van der Waals surface area contributed by atoms with Crippen LogP contribution < -0.4 is 5.56 Å². The van der Waals surface area contributed by atoms with Crippen molar-refractivity contribution in [3.8, 4) is 0 Å². The number of aromatic nitrogens is 2. The van der Waals surface area contributed by atoms with Gasteiger partial charge in [0.2, 0.25) is 0 Å². The van der Waals surface area contributed by atoms with E-state index in [1.807, 2.05) is 0 Å². The van der Waals surface area contributed by atoms with Crippen molar-refractivity contribution in [2.45, 2.75) is 45.1 Å². The highest BCUT2D eigenvalue weighted by molar-refractivity contribution is 7.17. The van der Waals surface area contributed by atoms with Gasteiger partial charge in [-0.3, -0.25) is 14.0 Å². The summed E-state index contributed by atoms with van der Waals surface area (Å²) >= 11 is 1.58. The van der Waals surface area contributed by atoms with Crippen LogP contribution in [0.25, 0.3) is 4.96 Å². The second-order valence-electron chi connectivity index (χ2n) is 6.72. The summed E-state index contributed by atoms with van der Waals surface area (Å²) in [6, 6.07) is 3.58. The number of aryl methyl sites for hydroxylation is 2. The van der Waals surface area contributed by atoms with E-state index >= 15 is 0 Å². The largest absolute Gasteiger partial charge is 0.467 e. The first-order chi connectivity index (χ1) is 12.6. The Balaban J connectivity index is 1.71. The Bertz CT molecular complexity index is 988. The maximum atomic E-state index is 13.1. The minimum Gasteiger partial charge on any atom is -0.467 e. The molecule has 6 nitrogen and oxygen atoms in total. The quantitative estimate of drug-likeness (QED) is 0.709. The van der Waals surface area contributed by atoms with Crippen LogP contribution in [0, 0.1) is 0 Å². The number of amides is 1. The smallest absolute Gasteiger partial charge is 0.271 e. The number of rotatable bonds is 3. The summed E-state index contributed by atoms with van der Waals surface area (Å²) < 4.78 is 6.95. The van der Waals surface area contributed by atoms with Crippen molar-refractivity contribution in [2.75, 3.05) is 7.05 Å². The average molecular weight is 371 g/mol. The molecule has 0 saturated heterocycles. The van der Waals surface area contributed by atoms with Crippen LogP contribution in [0.5, 0.6) is 0 Å². The van der Waals surface area contributed by atoms with E-state index < -0.39 is 0 Å². The molecule has 3 heterocycles. The number of fused-ring (bicyclic) bond motifs is 3.